The molecule has 0 N–H and O–H groups in total. The third-order valence-electron chi connectivity index (χ3n) is 41.6. The minimum Gasteiger partial charge on any atom is -0.316 e. The molecular weight excluding hydrogens is 1730 g/mol. The lowest BCUT2D eigenvalue weighted by atomic mass is 9.76. The van der Waals surface area contributed by atoms with Gasteiger partial charge in [-0.15, -0.1) is 0 Å². The van der Waals surface area contributed by atoms with Crippen LogP contribution >= 0.6 is 0 Å². The van der Waals surface area contributed by atoms with Gasteiger partial charge in [-0.2, -0.15) is 0 Å². The van der Waals surface area contributed by atoms with E-state index in [2.05, 4.69) is 358 Å². The molecule has 0 spiro atoms. The van der Waals surface area contributed by atoms with Crippen molar-refractivity contribution < 1.29 is 0 Å². The Morgan fingerprint density at radius 1 is 0.246 bits per heavy atom. The van der Waals surface area contributed by atoms with E-state index in [4.69, 9.17) is 0 Å². The highest BCUT2D eigenvalue weighted by Gasteiger charge is 2.66. The molecule has 4 aliphatic heterocycles. The van der Waals surface area contributed by atoms with E-state index in [-0.39, 0.29) is 49.4 Å². The number of nitrogens with zero attached hydrogens (tertiary/aromatic N) is 4. The predicted octanol–water partition coefficient (Wildman–Crippen LogP) is 36.5. The van der Waals surface area contributed by atoms with Crippen molar-refractivity contribution in [2.24, 2.45) is 59.2 Å². The molecule has 138 heavy (non-hydrogen) atoms. The van der Waals surface area contributed by atoms with Gasteiger partial charge in [0.15, 0.2) is 0 Å². The van der Waals surface area contributed by atoms with E-state index in [0.29, 0.717) is 11.5 Å². The van der Waals surface area contributed by atoms with Crippen LogP contribution in [0.25, 0.3) is 22.3 Å². The molecule has 14 unspecified atom stereocenters. The summed E-state index contributed by atoms with van der Waals surface area (Å²) in [5.74, 6) is 7.63. The normalized spacial score (nSPS) is 32.0. The quantitative estimate of drug-likeness (QED) is 0.147. The zero-order valence-corrected chi connectivity index (χ0v) is 97.3. The van der Waals surface area contributed by atoms with Crippen LogP contribution in [0.2, 0.25) is 70.5 Å². The van der Waals surface area contributed by atoms with Crippen LogP contribution in [-0.4, -0.2) is 96.5 Å². The van der Waals surface area contributed by atoms with E-state index in [9.17, 15) is 0 Å². The van der Waals surface area contributed by atoms with Crippen molar-refractivity contribution in [3.63, 3.8) is 0 Å². The Bertz CT molecular complexity index is 5340. The largest absolute Gasteiger partial charge is 0.316 e. The molecule has 4 aromatic rings. The van der Waals surface area contributed by atoms with Gasteiger partial charge in [0.1, 0.15) is 32.9 Å². The molecule has 6 saturated carbocycles. The Morgan fingerprint density at radius 3 is 0.804 bits per heavy atom. The topological polar surface area (TPSA) is 13.0 Å². The van der Waals surface area contributed by atoms with Gasteiger partial charge in [-0.1, -0.05) is 343 Å². The van der Waals surface area contributed by atoms with Crippen LogP contribution in [-0.2, 0) is 21.7 Å². The summed E-state index contributed by atoms with van der Waals surface area (Å²) in [6.07, 6.45) is 63.1. The van der Waals surface area contributed by atoms with Crippen molar-refractivity contribution in [2.75, 3.05) is 0 Å². The van der Waals surface area contributed by atoms with Crippen molar-refractivity contribution >= 4 is 55.2 Å². The second-order valence-corrected chi connectivity index (χ2v) is 75.3. The van der Waals surface area contributed by atoms with Crippen molar-refractivity contribution in [2.45, 2.75) is 511 Å². The predicted molar refractivity (Wildman–Crippen MR) is 608 cm³/mol. The van der Waals surface area contributed by atoms with E-state index >= 15 is 0 Å². The number of allylic oxidation sites excluding steroid dienone is 16. The summed E-state index contributed by atoms with van der Waals surface area (Å²) in [7, 11) is -6.71. The van der Waals surface area contributed by atoms with Crippen LogP contribution in [0.4, 0.5) is 0 Å². The molecule has 18 aliphatic rings. The first kappa shape index (κ1) is 102. The lowest BCUT2D eigenvalue weighted by molar-refractivity contribution is 0.115. The number of hydrogen-bond donors (Lipinski definition) is 0. The Morgan fingerprint density at radius 2 is 0.493 bits per heavy atom. The third-order valence-corrected chi connectivity index (χ3v) is 68.3. The minimum absolute atomic E-state index is 0.124. The highest BCUT2D eigenvalue weighted by atomic mass is 28.3. The average molecular weight is 1930 g/mol. The van der Waals surface area contributed by atoms with Crippen LogP contribution in [0, 0.1) is 59.2 Å². The van der Waals surface area contributed by atoms with E-state index in [1.54, 1.807) is 79.9 Å². The Labute approximate surface area is 850 Å². The van der Waals surface area contributed by atoms with Crippen LogP contribution in [0.5, 0.6) is 0 Å². The van der Waals surface area contributed by atoms with Crippen molar-refractivity contribution in [1.82, 2.24) is 18.3 Å². The molecular formula is C130H196N4Si4. The molecule has 14 atom stereocenters. The highest BCUT2D eigenvalue weighted by molar-refractivity contribution is 6.81. The first-order valence-electron chi connectivity index (χ1n) is 58.4. The van der Waals surface area contributed by atoms with Gasteiger partial charge in [-0.05, 0) is 395 Å². The van der Waals surface area contributed by atoms with E-state index in [1.165, 1.54) is 237 Å². The molecule has 0 bridgehead atoms. The van der Waals surface area contributed by atoms with Gasteiger partial charge >= 0.3 is 0 Å². The summed E-state index contributed by atoms with van der Waals surface area (Å²) in [5.41, 5.74) is 30.7. The fraction of sp³-hybridized carbons (Fsp3) is 0.692. The molecule has 14 aliphatic carbocycles. The number of fused-ring (bicyclic) bond motifs is 16. The van der Waals surface area contributed by atoms with Gasteiger partial charge in [-0.3, -0.25) is 0 Å². The fourth-order valence-corrected chi connectivity index (χ4v) is 70.7. The number of hydrogen-bond acceptors (Lipinski definition) is 4. The Kier molecular flexibility index (Phi) is 27.7. The molecule has 22 rings (SSSR count). The molecule has 4 saturated heterocycles. The summed E-state index contributed by atoms with van der Waals surface area (Å²) in [5, 5.41) is 0. The maximum absolute atomic E-state index is 3.31. The molecule has 0 aromatic heterocycles. The molecule has 0 amide bonds. The molecule has 4 heterocycles. The first-order valence-corrected chi connectivity index (χ1v) is 68.2. The van der Waals surface area contributed by atoms with Crippen molar-refractivity contribution in [3.8, 4) is 0 Å². The lowest BCUT2D eigenvalue weighted by Crippen LogP contribution is -2.70. The van der Waals surface area contributed by atoms with Gasteiger partial charge in [0.25, 0.3) is 0 Å². The number of benzene rings is 4. The lowest BCUT2D eigenvalue weighted by Gasteiger charge is -2.61. The molecule has 4 aromatic carbocycles. The Balaban J connectivity index is 0.000000118. The number of rotatable bonds is 10. The van der Waals surface area contributed by atoms with Crippen LogP contribution in [0.15, 0.2) is 168 Å². The second-order valence-electron chi connectivity index (χ2n) is 57.8. The minimum atomic E-state index is -1.73. The Hall–Kier alpha value is -4.49. The molecule has 0 radical (unpaired) electrons. The summed E-state index contributed by atoms with van der Waals surface area (Å²) >= 11 is 0. The van der Waals surface area contributed by atoms with Crippen LogP contribution in [0.3, 0.4) is 0 Å². The fourth-order valence-electron chi connectivity index (χ4n) is 38.8. The van der Waals surface area contributed by atoms with Crippen LogP contribution in [0.1, 0.15) is 418 Å². The SMILES string of the molecule is CC1(C)C2=CC3C(C=C2c2ccccc21)CCC3[Si]1(N(C(C)(C)C)C(C)(C)C)CCCCC1.CC1(C)C2=CC3C(C=C2c2ccccc21)CCC3[Si]1(N(C2CCCCC2)C(C)(C)C)CCCCC1.CC1CC2C=C3C(=CC2C1[Si]1(N(C(C)(C)C)C(C)(C)C)CCCCC1)C(C)(C)c1ccccc13.CC1CC2C=C3C(=CC2C1[Si]1(N(C2CCCCC2)C(C)(C)C)CCCCC1)C(C)(C)c1ccccc13. The molecule has 4 nitrogen and oxygen atoms in total. The average Bonchev–Trinajstić information content (AvgIpc) is 1.55. The van der Waals surface area contributed by atoms with Crippen LogP contribution < -0.4 is 0 Å². The molecule has 752 valence electrons. The van der Waals surface area contributed by atoms with Crippen molar-refractivity contribution in [3.05, 3.63) is 212 Å². The zero-order chi connectivity index (χ0) is 98.2. The maximum atomic E-state index is 3.31. The first-order chi connectivity index (χ1) is 65.0. The smallest absolute Gasteiger partial charge is 0.133 e. The monoisotopic (exact) mass is 1930 g/mol. The van der Waals surface area contributed by atoms with Gasteiger partial charge in [0.05, 0.1) is 0 Å². The molecule has 10 fully saturated rings. The molecule has 8 heteroatoms. The summed E-state index contributed by atoms with van der Waals surface area (Å²) in [6, 6.07) is 51.0. The van der Waals surface area contributed by atoms with Gasteiger partial charge < -0.3 is 18.3 Å². The van der Waals surface area contributed by atoms with E-state index in [1.807, 2.05) is 0 Å². The summed E-state index contributed by atoms with van der Waals surface area (Å²) in [6.45, 7) is 70.6. The highest BCUT2D eigenvalue weighted by Crippen LogP contribution is 2.70. The maximum Gasteiger partial charge on any atom is 0.133 e. The second kappa shape index (κ2) is 37.4. The van der Waals surface area contributed by atoms with E-state index < -0.39 is 32.9 Å². The van der Waals surface area contributed by atoms with Gasteiger partial charge in [0, 0.05) is 67.0 Å². The van der Waals surface area contributed by atoms with Gasteiger partial charge in [-0.25, -0.2) is 0 Å². The van der Waals surface area contributed by atoms with E-state index in [0.717, 1.165) is 87.5 Å². The van der Waals surface area contributed by atoms with Gasteiger partial charge in [0.2, 0.25) is 0 Å². The summed E-state index contributed by atoms with van der Waals surface area (Å²) in [4.78, 5) is 0. The van der Waals surface area contributed by atoms with Crippen molar-refractivity contribution in [1.29, 1.82) is 0 Å². The summed E-state index contributed by atoms with van der Waals surface area (Å²) < 4.78 is 12.9. The zero-order valence-electron chi connectivity index (χ0n) is 93.3. The standard InChI is InChI=1S/C34H51NSi.C33H49NSi.C32H49NSi.C31H47NSi/c1-24-21-25-22-29-27-17-11-12-18-30(27)34(5,6)31(29)23-28(25)32(24)36(19-13-8-14-20-36)35(33(2,3)4)26-15-9-7-10-16-26;1-32(2,3)34(25-14-8-6-9-15-25)35(20-12-7-13-21-35)31-19-18-24-22-28-26-16-10-11-17-29(26)33(4,5)30(28)23-27(24)31;1-22-19-23-20-26-24-15-11-12-16-27(24)32(8,9)28(26)21-25(23)29(22)34(17-13-10-14-18-34)33(30(2,3)4)31(5,6)7;1-29(2,3)32(30(4,5)6)33(18-12-9-13-19-33)28-17-16-22-20-25-23-14-10-11-15-26(23)31(7,8)27(25)21-24(22)28/h11-12,17-18,22-26,28,32H,7-10,13-16,19-21H2,1-6H3;10-11,16-17,22-25,27,31H,6-9,12-15,18-21H2,1-5H3;11-12,15-16,20-23,25,29H,10,13-14,17-19H2,1-9H3;10-11,14-15,20-22,24,28H,9,12-13,16-19H2,1-8H3. The third kappa shape index (κ3) is 17.5.